The third-order valence-electron chi connectivity index (χ3n) is 3.76. The van der Waals surface area contributed by atoms with Gasteiger partial charge in [-0.25, -0.2) is 18.2 Å². The van der Waals surface area contributed by atoms with Crippen molar-refractivity contribution in [3.8, 4) is 5.69 Å². The smallest absolute Gasteiger partial charge is 0.238 e. The second kappa shape index (κ2) is 7.03. The van der Waals surface area contributed by atoms with Gasteiger partial charge in [-0.3, -0.25) is 4.79 Å². The second-order valence-corrected chi connectivity index (χ2v) is 7.14. The Hall–Kier alpha value is -3.10. The van der Waals surface area contributed by atoms with E-state index in [2.05, 4.69) is 10.3 Å². The van der Waals surface area contributed by atoms with E-state index in [1.54, 1.807) is 25.1 Å². The van der Waals surface area contributed by atoms with Crippen LogP contribution in [-0.4, -0.2) is 29.2 Å². The molecule has 0 aliphatic rings. The molecule has 0 saturated carbocycles. The van der Waals surface area contributed by atoms with Crippen molar-refractivity contribution in [1.29, 1.82) is 0 Å². The van der Waals surface area contributed by atoms with Crippen LogP contribution in [0.15, 0.2) is 65.6 Å². The minimum atomic E-state index is -3.76. The summed E-state index contributed by atoms with van der Waals surface area (Å²) in [5, 5.41) is 13.0. The highest BCUT2D eigenvalue weighted by Crippen LogP contribution is 2.16. The fraction of sp³-hybridized carbons (Fsp3) is 0.0556. The van der Waals surface area contributed by atoms with Crippen LogP contribution in [0.4, 0.5) is 0 Å². The molecular weight excluding hydrogens is 352 g/mol. The highest BCUT2D eigenvalue weighted by atomic mass is 32.2. The lowest BCUT2D eigenvalue weighted by Crippen LogP contribution is -2.12. The zero-order valence-electron chi connectivity index (χ0n) is 13.9. The van der Waals surface area contributed by atoms with Crippen molar-refractivity contribution >= 4 is 21.9 Å². The van der Waals surface area contributed by atoms with E-state index in [0.29, 0.717) is 11.4 Å². The number of sulfonamides is 1. The number of hydrogen-bond donors (Lipinski definition) is 1. The summed E-state index contributed by atoms with van der Waals surface area (Å²) in [7, 11) is -3.76. The van der Waals surface area contributed by atoms with Gasteiger partial charge in [-0.05, 0) is 42.8 Å². The van der Waals surface area contributed by atoms with Gasteiger partial charge < -0.3 is 0 Å². The number of primary sulfonamides is 1. The highest BCUT2D eigenvalue weighted by molar-refractivity contribution is 7.89. The molecule has 1 heterocycles. The maximum absolute atomic E-state index is 12.4. The Morgan fingerprint density at radius 2 is 1.73 bits per heavy atom. The molecule has 8 heteroatoms. The topological polar surface area (TPSA) is 108 Å². The lowest BCUT2D eigenvalue weighted by atomic mass is 10.1. The molecule has 2 aromatic carbocycles. The summed E-state index contributed by atoms with van der Waals surface area (Å²) in [5.74, 6) is -0.265. The zero-order chi connectivity index (χ0) is 18.7. The molecule has 0 fully saturated rings. The largest absolute Gasteiger partial charge is 0.287 e. The van der Waals surface area contributed by atoms with E-state index in [0.717, 1.165) is 5.56 Å². The van der Waals surface area contributed by atoms with Crippen molar-refractivity contribution in [2.75, 3.05) is 0 Å². The Bertz CT molecular complexity index is 1070. The van der Waals surface area contributed by atoms with Crippen molar-refractivity contribution in [1.82, 2.24) is 15.0 Å². The van der Waals surface area contributed by atoms with Gasteiger partial charge in [-0.1, -0.05) is 41.6 Å². The lowest BCUT2D eigenvalue weighted by molar-refractivity contribution is 0.104. The van der Waals surface area contributed by atoms with Crippen LogP contribution in [0.1, 0.15) is 21.7 Å². The van der Waals surface area contributed by atoms with Crippen LogP contribution in [0.25, 0.3) is 11.8 Å². The molecule has 0 aliphatic heterocycles. The van der Waals surface area contributed by atoms with Crippen LogP contribution in [0, 0.1) is 6.92 Å². The van der Waals surface area contributed by atoms with Crippen molar-refractivity contribution in [3.63, 3.8) is 0 Å². The zero-order valence-corrected chi connectivity index (χ0v) is 14.7. The number of benzene rings is 2. The van der Waals surface area contributed by atoms with Crippen molar-refractivity contribution in [3.05, 3.63) is 77.6 Å². The molecule has 3 aromatic rings. The third kappa shape index (κ3) is 3.76. The average Bonchev–Trinajstić information content (AvgIpc) is 3.01. The number of hydrogen-bond acceptors (Lipinski definition) is 5. The van der Waals surface area contributed by atoms with E-state index in [9.17, 15) is 13.2 Å². The number of ketones is 1. The number of nitrogens with zero attached hydrogens (tertiary/aromatic N) is 3. The number of nitrogens with two attached hydrogens (primary N) is 1. The van der Waals surface area contributed by atoms with E-state index in [4.69, 9.17) is 5.14 Å². The van der Waals surface area contributed by atoms with Crippen molar-refractivity contribution < 1.29 is 13.2 Å². The predicted molar refractivity (Wildman–Crippen MR) is 97.3 cm³/mol. The summed E-state index contributed by atoms with van der Waals surface area (Å²) in [6.07, 6.45) is 3.16. The first-order valence-corrected chi connectivity index (χ1v) is 9.24. The molecule has 0 aliphatic carbocycles. The maximum Gasteiger partial charge on any atom is 0.238 e. The minimum Gasteiger partial charge on any atom is -0.287 e. The Morgan fingerprint density at radius 3 is 2.35 bits per heavy atom. The molecule has 1 aromatic heterocycles. The van der Waals surface area contributed by atoms with Crippen LogP contribution in [0.2, 0.25) is 0 Å². The molecule has 0 radical (unpaired) electrons. The van der Waals surface area contributed by atoms with Crippen molar-refractivity contribution in [2.24, 2.45) is 5.14 Å². The number of carbonyl (C=O) groups is 1. The summed E-state index contributed by atoms with van der Waals surface area (Å²) in [6.45, 7) is 1.72. The van der Waals surface area contributed by atoms with Gasteiger partial charge in [0, 0.05) is 0 Å². The summed E-state index contributed by atoms with van der Waals surface area (Å²) >= 11 is 0. The van der Waals surface area contributed by atoms with Gasteiger partial charge in [-0.15, -0.1) is 5.10 Å². The lowest BCUT2D eigenvalue weighted by Gasteiger charge is -2.04. The normalized spacial score (nSPS) is 11.8. The molecule has 0 bridgehead atoms. The first kappa shape index (κ1) is 17.7. The van der Waals surface area contributed by atoms with Crippen LogP contribution in [0.3, 0.4) is 0 Å². The van der Waals surface area contributed by atoms with Gasteiger partial charge in [0.15, 0.2) is 5.69 Å². The molecule has 0 saturated heterocycles. The first-order chi connectivity index (χ1) is 12.4. The summed E-state index contributed by atoms with van der Waals surface area (Å²) in [6, 6.07) is 15.3. The Morgan fingerprint density at radius 1 is 1.08 bits per heavy atom. The Balaban J connectivity index is 1.86. The molecular formula is C18H16N4O3S. The molecule has 0 unspecified atom stereocenters. The van der Waals surface area contributed by atoms with Gasteiger partial charge in [0.05, 0.1) is 16.3 Å². The quantitative estimate of drug-likeness (QED) is 0.548. The van der Waals surface area contributed by atoms with Gasteiger partial charge in [-0.2, -0.15) is 0 Å². The van der Waals surface area contributed by atoms with E-state index < -0.39 is 10.0 Å². The van der Waals surface area contributed by atoms with Gasteiger partial charge in [0.25, 0.3) is 0 Å². The summed E-state index contributed by atoms with van der Waals surface area (Å²) < 4.78 is 24.1. The molecule has 0 amide bonds. The molecule has 7 nitrogen and oxygen atoms in total. The monoisotopic (exact) mass is 368 g/mol. The van der Waals surface area contributed by atoms with Crippen molar-refractivity contribution in [2.45, 2.75) is 11.8 Å². The Labute approximate surface area is 150 Å². The van der Waals surface area contributed by atoms with Crippen LogP contribution >= 0.6 is 0 Å². The summed E-state index contributed by atoms with van der Waals surface area (Å²) in [5.41, 5.74) is 2.27. The van der Waals surface area contributed by atoms with E-state index >= 15 is 0 Å². The molecule has 0 atom stereocenters. The number of aromatic nitrogens is 3. The van der Waals surface area contributed by atoms with Gasteiger partial charge in [0.1, 0.15) is 0 Å². The molecule has 0 spiro atoms. The number of allylic oxidation sites excluding steroid dienone is 1. The summed E-state index contributed by atoms with van der Waals surface area (Å²) in [4.78, 5) is 12.4. The van der Waals surface area contributed by atoms with Crippen LogP contribution in [0.5, 0.6) is 0 Å². The standard InChI is InChI=1S/C18H16N4O3S/c1-13-18(17(23)12-7-14-5-3-2-4-6-14)20-21-22(13)15-8-10-16(11-9-15)26(19,24)25/h2-12H,1H3,(H2,19,24,25)/b12-7+. The van der Waals surface area contributed by atoms with Gasteiger partial charge in [0.2, 0.25) is 15.8 Å². The number of rotatable bonds is 5. The maximum atomic E-state index is 12.4. The molecule has 3 rings (SSSR count). The molecule has 2 N–H and O–H groups in total. The molecule has 26 heavy (non-hydrogen) atoms. The first-order valence-electron chi connectivity index (χ1n) is 7.69. The highest BCUT2D eigenvalue weighted by Gasteiger charge is 2.16. The predicted octanol–water partition coefficient (Wildman–Crippen LogP) is 2.12. The van der Waals surface area contributed by atoms with E-state index in [-0.39, 0.29) is 16.4 Å². The fourth-order valence-electron chi connectivity index (χ4n) is 2.39. The van der Waals surface area contributed by atoms with Crippen LogP contribution in [-0.2, 0) is 10.0 Å². The molecule has 132 valence electrons. The van der Waals surface area contributed by atoms with E-state index in [1.165, 1.54) is 22.9 Å². The van der Waals surface area contributed by atoms with E-state index in [1.807, 2.05) is 30.3 Å². The van der Waals surface area contributed by atoms with Crippen LogP contribution < -0.4 is 5.14 Å². The van der Waals surface area contributed by atoms with Gasteiger partial charge >= 0.3 is 0 Å². The third-order valence-corrected chi connectivity index (χ3v) is 4.69. The second-order valence-electron chi connectivity index (χ2n) is 5.58. The minimum absolute atomic E-state index is 0.00103. The SMILES string of the molecule is Cc1c(C(=O)/C=C/c2ccccc2)nnn1-c1ccc(S(N)(=O)=O)cc1. The fourth-order valence-corrected chi connectivity index (χ4v) is 2.91. The Kier molecular flexibility index (Phi) is 4.79. The average molecular weight is 368 g/mol. The number of carbonyl (C=O) groups excluding carboxylic acids is 1.